The predicted octanol–water partition coefficient (Wildman–Crippen LogP) is 0.888. The summed E-state index contributed by atoms with van der Waals surface area (Å²) in [5, 5.41) is 0. The van der Waals surface area contributed by atoms with Crippen molar-refractivity contribution >= 4 is 25.8 Å². The number of nitrogens with two attached hydrogens (primary N) is 1. The second kappa shape index (κ2) is 4.37. The van der Waals surface area contributed by atoms with Crippen molar-refractivity contribution < 1.29 is 8.42 Å². The molecule has 78 valence electrons. The highest BCUT2D eigenvalue weighted by Crippen LogP contribution is 2.19. The zero-order valence-electron chi connectivity index (χ0n) is 7.64. The lowest BCUT2D eigenvalue weighted by Crippen LogP contribution is -2.21. The van der Waals surface area contributed by atoms with E-state index in [9.17, 15) is 8.42 Å². The van der Waals surface area contributed by atoms with E-state index in [0.29, 0.717) is 10.2 Å². The lowest BCUT2D eigenvalue weighted by molar-refractivity contribution is 0.594. The third-order valence-corrected chi connectivity index (χ3v) is 3.30. The number of aromatic nitrogens is 1. The molecule has 0 aliphatic carbocycles. The molecular formula is C8H11BrN2O2S. The molecule has 0 radical (unpaired) electrons. The fraction of sp³-hybridized carbons (Fsp3) is 0.375. The first kappa shape index (κ1) is 11.6. The van der Waals surface area contributed by atoms with E-state index in [4.69, 9.17) is 5.73 Å². The maximum atomic E-state index is 11.0. The quantitative estimate of drug-likeness (QED) is 0.834. The average molecular weight is 279 g/mol. The lowest BCUT2D eigenvalue weighted by Gasteiger charge is -2.11. The number of nitrogens with zero attached hydrogens (tertiary/aromatic N) is 1. The average Bonchev–Trinajstić information content (AvgIpc) is 2.01. The Morgan fingerprint density at radius 2 is 2.29 bits per heavy atom. The van der Waals surface area contributed by atoms with Crippen molar-refractivity contribution in [2.75, 3.05) is 12.0 Å². The molecule has 0 bridgehead atoms. The van der Waals surface area contributed by atoms with Gasteiger partial charge in [-0.25, -0.2) is 13.4 Å². The van der Waals surface area contributed by atoms with Crippen LogP contribution in [-0.4, -0.2) is 25.4 Å². The van der Waals surface area contributed by atoms with E-state index in [0.717, 1.165) is 6.26 Å². The number of sulfone groups is 1. The molecule has 1 aromatic heterocycles. The molecule has 1 atom stereocenters. The Morgan fingerprint density at radius 3 is 2.79 bits per heavy atom. The molecule has 6 heteroatoms. The topological polar surface area (TPSA) is 73.0 Å². The molecule has 0 aliphatic heterocycles. The van der Waals surface area contributed by atoms with E-state index < -0.39 is 15.9 Å². The summed E-state index contributed by atoms with van der Waals surface area (Å²) >= 11 is 3.22. The monoisotopic (exact) mass is 278 g/mol. The first-order valence-corrected chi connectivity index (χ1v) is 6.79. The van der Waals surface area contributed by atoms with Gasteiger partial charge in [-0.15, -0.1) is 0 Å². The van der Waals surface area contributed by atoms with E-state index in [1.807, 2.05) is 0 Å². The van der Waals surface area contributed by atoms with E-state index in [1.54, 1.807) is 18.3 Å². The smallest absolute Gasteiger partial charge is 0.149 e. The summed E-state index contributed by atoms with van der Waals surface area (Å²) in [7, 11) is -3.06. The number of hydrogen-bond acceptors (Lipinski definition) is 4. The summed E-state index contributed by atoms with van der Waals surface area (Å²) in [5.74, 6) is -0.0721. The lowest BCUT2D eigenvalue weighted by atomic mass is 10.2. The van der Waals surface area contributed by atoms with Crippen LogP contribution in [0.15, 0.2) is 22.9 Å². The maximum Gasteiger partial charge on any atom is 0.149 e. The number of pyridine rings is 1. The standard InChI is InChI=1S/C8H11BrN2O2S/c1-14(12,13)5-7(10)6-3-2-4-11-8(6)9/h2-4,7H,5,10H2,1H3. The second-order valence-electron chi connectivity index (χ2n) is 3.08. The molecule has 0 saturated carbocycles. The minimum Gasteiger partial charge on any atom is -0.323 e. The Morgan fingerprint density at radius 1 is 1.64 bits per heavy atom. The number of hydrogen-bond donors (Lipinski definition) is 1. The molecule has 1 unspecified atom stereocenters. The van der Waals surface area contributed by atoms with Crippen LogP contribution < -0.4 is 5.73 Å². The molecular weight excluding hydrogens is 268 g/mol. The summed E-state index contributed by atoms with van der Waals surface area (Å²) in [5.41, 5.74) is 6.44. The zero-order chi connectivity index (χ0) is 10.8. The van der Waals surface area contributed by atoms with Gasteiger partial charge in [0.15, 0.2) is 0 Å². The van der Waals surface area contributed by atoms with Gasteiger partial charge in [0.25, 0.3) is 0 Å². The van der Waals surface area contributed by atoms with Crippen molar-refractivity contribution in [1.82, 2.24) is 4.98 Å². The van der Waals surface area contributed by atoms with Gasteiger partial charge in [-0.3, -0.25) is 0 Å². The molecule has 1 aromatic rings. The Bertz CT molecular complexity index is 419. The molecule has 14 heavy (non-hydrogen) atoms. The van der Waals surface area contributed by atoms with E-state index in [1.165, 1.54) is 0 Å². The molecule has 0 aliphatic rings. The molecule has 0 spiro atoms. The third kappa shape index (κ3) is 3.36. The molecule has 0 aromatic carbocycles. The van der Waals surface area contributed by atoms with Gasteiger partial charge >= 0.3 is 0 Å². The van der Waals surface area contributed by atoms with E-state index in [2.05, 4.69) is 20.9 Å². The number of rotatable bonds is 3. The van der Waals surface area contributed by atoms with Crippen LogP contribution in [0.25, 0.3) is 0 Å². The maximum absolute atomic E-state index is 11.0. The minimum atomic E-state index is -3.06. The Labute approximate surface area is 91.6 Å². The fourth-order valence-electron chi connectivity index (χ4n) is 1.09. The van der Waals surface area contributed by atoms with Gasteiger partial charge in [0, 0.05) is 24.1 Å². The SMILES string of the molecule is CS(=O)(=O)CC(N)c1cccnc1Br. The molecule has 1 rings (SSSR count). The Balaban J connectivity index is 2.90. The highest BCUT2D eigenvalue weighted by atomic mass is 79.9. The van der Waals surface area contributed by atoms with Crippen LogP contribution in [0.1, 0.15) is 11.6 Å². The summed E-state index contributed by atoms with van der Waals surface area (Å²) in [6.45, 7) is 0. The summed E-state index contributed by atoms with van der Waals surface area (Å²) in [6.07, 6.45) is 2.78. The van der Waals surface area contributed by atoms with Crippen molar-refractivity contribution in [3.05, 3.63) is 28.5 Å². The summed E-state index contributed by atoms with van der Waals surface area (Å²) < 4.78 is 22.6. The predicted molar refractivity (Wildman–Crippen MR) is 58.6 cm³/mol. The fourth-order valence-corrected chi connectivity index (χ4v) is 2.47. The molecule has 1 heterocycles. The summed E-state index contributed by atoms with van der Waals surface area (Å²) in [6, 6.07) is 2.95. The first-order chi connectivity index (χ1) is 6.40. The van der Waals surface area contributed by atoms with Gasteiger partial charge in [0.05, 0.1) is 5.75 Å². The molecule has 0 fully saturated rings. The van der Waals surface area contributed by atoms with Crippen molar-refractivity contribution in [2.45, 2.75) is 6.04 Å². The molecule has 0 amide bonds. The number of halogens is 1. The largest absolute Gasteiger partial charge is 0.323 e. The van der Waals surface area contributed by atoms with Crippen LogP contribution in [0.2, 0.25) is 0 Å². The third-order valence-electron chi connectivity index (χ3n) is 1.67. The van der Waals surface area contributed by atoms with Gasteiger partial charge in [0.2, 0.25) is 0 Å². The minimum absolute atomic E-state index is 0.0721. The first-order valence-electron chi connectivity index (χ1n) is 3.94. The molecule has 2 N–H and O–H groups in total. The van der Waals surface area contributed by atoms with Crippen LogP contribution in [0, 0.1) is 0 Å². The highest BCUT2D eigenvalue weighted by molar-refractivity contribution is 9.10. The van der Waals surface area contributed by atoms with Crippen LogP contribution in [0.4, 0.5) is 0 Å². The Hall–Kier alpha value is -0.460. The van der Waals surface area contributed by atoms with Crippen molar-refractivity contribution in [3.63, 3.8) is 0 Å². The van der Waals surface area contributed by atoms with Crippen LogP contribution >= 0.6 is 15.9 Å². The van der Waals surface area contributed by atoms with Crippen LogP contribution in [-0.2, 0) is 9.84 Å². The highest BCUT2D eigenvalue weighted by Gasteiger charge is 2.15. The molecule has 4 nitrogen and oxygen atoms in total. The van der Waals surface area contributed by atoms with E-state index >= 15 is 0 Å². The normalized spacial score (nSPS) is 13.9. The van der Waals surface area contributed by atoms with Gasteiger partial charge in [0.1, 0.15) is 14.4 Å². The summed E-state index contributed by atoms with van der Waals surface area (Å²) in [4.78, 5) is 3.97. The van der Waals surface area contributed by atoms with Crippen LogP contribution in [0.3, 0.4) is 0 Å². The van der Waals surface area contributed by atoms with Crippen molar-refractivity contribution in [1.29, 1.82) is 0 Å². The van der Waals surface area contributed by atoms with Gasteiger partial charge in [-0.2, -0.15) is 0 Å². The van der Waals surface area contributed by atoms with Crippen molar-refractivity contribution in [3.8, 4) is 0 Å². The van der Waals surface area contributed by atoms with Crippen LogP contribution in [0.5, 0.6) is 0 Å². The van der Waals surface area contributed by atoms with E-state index in [-0.39, 0.29) is 5.75 Å². The second-order valence-corrected chi connectivity index (χ2v) is 6.02. The zero-order valence-corrected chi connectivity index (χ0v) is 10.0. The Kier molecular flexibility index (Phi) is 3.63. The van der Waals surface area contributed by atoms with Crippen molar-refractivity contribution in [2.24, 2.45) is 5.73 Å². The van der Waals surface area contributed by atoms with Gasteiger partial charge in [-0.05, 0) is 22.0 Å². The van der Waals surface area contributed by atoms with Gasteiger partial charge < -0.3 is 5.73 Å². The van der Waals surface area contributed by atoms with Gasteiger partial charge in [-0.1, -0.05) is 6.07 Å². The molecule has 0 saturated heterocycles.